The summed E-state index contributed by atoms with van der Waals surface area (Å²) in [6.07, 6.45) is 5.08. The second-order valence-electron chi connectivity index (χ2n) is 6.40. The first-order valence-corrected chi connectivity index (χ1v) is 8.56. The summed E-state index contributed by atoms with van der Waals surface area (Å²) in [5.74, 6) is 0.0980. The van der Waals surface area contributed by atoms with E-state index in [4.69, 9.17) is 4.74 Å². The van der Waals surface area contributed by atoms with Gasteiger partial charge in [0.25, 0.3) is 0 Å². The third kappa shape index (κ3) is 4.48. The standard InChI is InChI=1S/C21H23NO3/c23-19-9-6-17(7-10-19)8-11-20(24)22-16-21(12-14-25-15-13-21)18-4-2-1-3-5-18/h1-11,23H,12-16H2,(H,22,24)/b11-8+. The van der Waals surface area contributed by atoms with Crippen molar-refractivity contribution in [2.24, 2.45) is 0 Å². The smallest absolute Gasteiger partial charge is 0.244 e. The Balaban J connectivity index is 1.65. The van der Waals surface area contributed by atoms with E-state index in [2.05, 4.69) is 17.4 Å². The predicted molar refractivity (Wildman–Crippen MR) is 98.3 cm³/mol. The van der Waals surface area contributed by atoms with E-state index in [0.29, 0.717) is 19.8 Å². The van der Waals surface area contributed by atoms with E-state index >= 15 is 0 Å². The Morgan fingerprint density at radius 3 is 2.44 bits per heavy atom. The Morgan fingerprint density at radius 2 is 1.76 bits per heavy atom. The van der Waals surface area contributed by atoms with Crippen LogP contribution in [0.3, 0.4) is 0 Å². The quantitative estimate of drug-likeness (QED) is 0.823. The number of rotatable bonds is 5. The van der Waals surface area contributed by atoms with E-state index in [1.165, 1.54) is 11.6 Å². The molecule has 1 heterocycles. The van der Waals surface area contributed by atoms with Gasteiger partial charge in [0, 0.05) is 31.2 Å². The molecule has 1 amide bonds. The van der Waals surface area contributed by atoms with Gasteiger partial charge in [-0.3, -0.25) is 4.79 Å². The zero-order valence-electron chi connectivity index (χ0n) is 14.2. The lowest BCUT2D eigenvalue weighted by atomic mass is 9.74. The summed E-state index contributed by atoms with van der Waals surface area (Å²) < 4.78 is 5.52. The lowest BCUT2D eigenvalue weighted by Crippen LogP contribution is -2.44. The summed E-state index contributed by atoms with van der Waals surface area (Å²) in [4.78, 5) is 12.2. The minimum absolute atomic E-state index is 0.0679. The third-order valence-electron chi connectivity index (χ3n) is 4.76. The molecule has 1 saturated heterocycles. The summed E-state index contributed by atoms with van der Waals surface area (Å²) in [5.41, 5.74) is 2.06. The lowest BCUT2D eigenvalue weighted by Gasteiger charge is -2.37. The molecule has 3 rings (SSSR count). The van der Waals surface area contributed by atoms with Gasteiger partial charge in [0.05, 0.1) is 0 Å². The van der Waals surface area contributed by atoms with Gasteiger partial charge >= 0.3 is 0 Å². The maximum Gasteiger partial charge on any atom is 0.244 e. The molecule has 0 radical (unpaired) electrons. The molecular formula is C21H23NO3. The van der Waals surface area contributed by atoms with Crippen LogP contribution in [0.4, 0.5) is 0 Å². The largest absolute Gasteiger partial charge is 0.508 e. The SMILES string of the molecule is O=C(/C=C/c1ccc(O)cc1)NCC1(c2ccccc2)CCOCC1. The van der Waals surface area contributed by atoms with Gasteiger partial charge in [0.15, 0.2) is 0 Å². The monoisotopic (exact) mass is 337 g/mol. The zero-order chi connectivity index (χ0) is 17.5. The average molecular weight is 337 g/mol. The first-order valence-electron chi connectivity index (χ1n) is 8.56. The topological polar surface area (TPSA) is 58.6 Å². The van der Waals surface area contributed by atoms with Gasteiger partial charge in [-0.05, 0) is 42.2 Å². The number of hydrogen-bond acceptors (Lipinski definition) is 3. The summed E-state index contributed by atoms with van der Waals surface area (Å²) in [6, 6.07) is 17.1. The van der Waals surface area contributed by atoms with Gasteiger partial charge in [0.2, 0.25) is 5.91 Å². The Hall–Kier alpha value is -2.59. The molecule has 0 unspecified atom stereocenters. The number of carbonyl (C=O) groups excluding carboxylic acids is 1. The maximum atomic E-state index is 12.2. The highest BCUT2D eigenvalue weighted by atomic mass is 16.5. The van der Waals surface area contributed by atoms with Gasteiger partial charge < -0.3 is 15.2 Å². The van der Waals surface area contributed by atoms with Crippen LogP contribution < -0.4 is 5.32 Å². The zero-order valence-corrected chi connectivity index (χ0v) is 14.2. The van der Waals surface area contributed by atoms with Crippen molar-refractivity contribution in [3.8, 4) is 5.75 Å². The Morgan fingerprint density at radius 1 is 1.08 bits per heavy atom. The van der Waals surface area contributed by atoms with Crippen molar-refractivity contribution in [1.82, 2.24) is 5.32 Å². The van der Waals surface area contributed by atoms with Gasteiger partial charge in [-0.2, -0.15) is 0 Å². The highest BCUT2D eigenvalue weighted by Crippen LogP contribution is 2.34. The van der Waals surface area contributed by atoms with Crippen molar-refractivity contribution in [1.29, 1.82) is 0 Å². The second kappa shape index (κ2) is 7.99. The molecule has 1 aliphatic rings. The molecule has 0 bridgehead atoms. The number of benzene rings is 2. The summed E-state index contributed by atoms with van der Waals surface area (Å²) >= 11 is 0. The minimum atomic E-state index is -0.116. The molecule has 2 N–H and O–H groups in total. The van der Waals surface area contributed by atoms with Crippen molar-refractivity contribution < 1.29 is 14.6 Å². The fraction of sp³-hybridized carbons (Fsp3) is 0.286. The van der Waals surface area contributed by atoms with Crippen LogP contribution in [0.15, 0.2) is 60.7 Å². The Kier molecular flexibility index (Phi) is 5.51. The first kappa shape index (κ1) is 17.2. The van der Waals surface area contributed by atoms with Crippen molar-refractivity contribution in [3.63, 3.8) is 0 Å². The number of ether oxygens (including phenoxy) is 1. The van der Waals surface area contributed by atoms with Crippen LogP contribution >= 0.6 is 0 Å². The average Bonchev–Trinajstić information content (AvgIpc) is 2.67. The Labute approximate surface area is 148 Å². The molecule has 1 aliphatic heterocycles. The molecule has 1 fully saturated rings. The van der Waals surface area contributed by atoms with E-state index in [9.17, 15) is 9.90 Å². The van der Waals surface area contributed by atoms with Crippen LogP contribution in [0, 0.1) is 0 Å². The second-order valence-corrected chi connectivity index (χ2v) is 6.40. The number of phenols is 1. The fourth-order valence-corrected chi connectivity index (χ4v) is 3.19. The first-order chi connectivity index (χ1) is 12.2. The molecule has 2 aromatic rings. The van der Waals surface area contributed by atoms with Gasteiger partial charge in [-0.1, -0.05) is 42.5 Å². The molecule has 4 heteroatoms. The van der Waals surface area contributed by atoms with Gasteiger partial charge in [-0.15, -0.1) is 0 Å². The van der Waals surface area contributed by atoms with E-state index in [0.717, 1.165) is 18.4 Å². The van der Waals surface area contributed by atoms with Crippen LogP contribution in [0.25, 0.3) is 6.08 Å². The summed E-state index contributed by atoms with van der Waals surface area (Å²) in [5, 5.41) is 12.3. The normalized spacial score (nSPS) is 16.6. The molecule has 2 aromatic carbocycles. The summed E-state index contributed by atoms with van der Waals surface area (Å²) in [6.45, 7) is 2.03. The highest BCUT2D eigenvalue weighted by molar-refractivity contribution is 5.91. The van der Waals surface area contributed by atoms with Crippen molar-refractivity contribution in [2.75, 3.05) is 19.8 Å². The van der Waals surface area contributed by atoms with Crippen LogP contribution in [0.2, 0.25) is 0 Å². The lowest BCUT2D eigenvalue weighted by molar-refractivity contribution is -0.116. The molecule has 4 nitrogen and oxygen atoms in total. The van der Waals surface area contributed by atoms with Crippen LogP contribution in [0.1, 0.15) is 24.0 Å². The third-order valence-corrected chi connectivity index (χ3v) is 4.76. The molecular weight excluding hydrogens is 314 g/mol. The Bertz CT molecular complexity index is 717. The summed E-state index contributed by atoms with van der Waals surface area (Å²) in [7, 11) is 0. The van der Waals surface area contributed by atoms with Crippen LogP contribution in [-0.4, -0.2) is 30.8 Å². The van der Waals surface area contributed by atoms with E-state index in [1.54, 1.807) is 30.3 Å². The number of phenolic OH excluding ortho intramolecular Hbond substituents is 1. The van der Waals surface area contributed by atoms with Crippen LogP contribution in [-0.2, 0) is 14.9 Å². The number of nitrogens with one attached hydrogen (secondary N) is 1. The molecule has 0 atom stereocenters. The van der Waals surface area contributed by atoms with Gasteiger partial charge in [-0.25, -0.2) is 0 Å². The molecule has 0 saturated carbocycles. The van der Waals surface area contributed by atoms with Crippen molar-refractivity contribution in [3.05, 3.63) is 71.8 Å². The van der Waals surface area contributed by atoms with Crippen LogP contribution in [0.5, 0.6) is 5.75 Å². The number of hydrogen-bond donors (Lipinski definition) is 2. The molecule has 0 aromatic heterocycles. The van der Waals surface area contributed by atoms with E-state index in [1.807, 2.05) is 18.2 Å². The van der Waals surface area contributed by atoms with Gasteiger partial charge in [0.1, 0.15) is 5.75 Å². The van der Waals surface area contributed by atoms with Crippen molar-refractivity contribution >= 4 is 12.0 Å². The van der Waals surface area contributed by atoms with Crippen molar-refractivity contribution in [2.45, 2.75) is 18.3 Å². The van der Waals surface area contributed by atoms with E-state index in [-0.39, 0.29) is 17.1 Å². The minimum Gasteiger partial charge on any atom is -0.508 e. The fourth-order valence-electron chi connectivity index (χ4n) is 3.19. The molecule has 0 aliphatic carbocycles. The molecule has 0 spiro atoms. The number of carbonyl (C=O) groups is 1. The molecule has 130 valence electrons. The number of amides is 1. The molecule has 25 heavy (non-hydrogen) atoms. The predicted octanol–water partition coefficient (Wildman–Crippen LogP) is 3.27. The number of aromatic hydroxyl groups is 1. The maximum absolute atomic E-state index is 12.2. The highest BCUT2D eigenvalue weighted by Gasteiger charge is 2.34. The van der Waals surface area contributed by atoms with E-state index < -0.39 is 0 Å².